The summed E-state index contributed by atoms with van der Waals surface area (Å²) in [5.41, 5.74) is 1.21. The molecule has 30 heavy (non-hydrogen) atoms. The smallest absolute Gasteiger partial charge is 0.266 e. The number of imide groups is 1. The molecule has 6 nitrogen and oxygen atoms in total. The number of nitrogens with zero attached hydrogens (tertiary/aromatic N) is 2. The van der Waals surface area contributed by atoms with Crippen LogP contribution in [-0.4, -0.2) is 25.0 Å². The molecule has 2 aliphatic rings. The fourth-order valence-corrected chi connectivity index (χ4v) is 4.96. The van der Waals surface area contributed by atoms with Crippen molar-refractivity contribution in [1.29, 1.82) is 0 Å². The first-order chi connectivity index (χ1) is 14.6. The Kier molecular flexibility index (Phi) is 4.73. The summed E-state index contributed by atoms with van der Waals surface area (Å²) in [6.07, 6.45) is -0.897. The molecule has 2 amide bonds. The van der Waals surface area contributed by atoms with Gasteiger partial charge in [0.1, 0.15) is 17.7 Å². The van der Waals surface area contributed by atoms with Gasteiger partial charge >= 0.3 is 0 Å². The van der Waals surface area contributed by atoms with Crippen molar-refractivity contribution in [3.63, 3.8) is 0 Å². The van der Waals surface area contributed by atoms with E-state index in [4.69, 9.17) is 21.2 Å². The first-order valence-corrected chi connectivity index (χ1v) is 10.6. The predicted molar refractivity (Wildman–Crippen MR) is 115 cm³/mol. The van der Waals surface area contributed by atoms with Gasteiger partial charge in [0.25, 0.3) is 5.91 Å². The zero-order chi connectivity index (χ0) is 20.8. The van der Waals surface area contributed by atoms with Crippen LogP contribution in [0.3, 0.4) is 0 Å². The van der Waals surface area contributed by atoms with Crippen molar-refractivity contribution in [2.24, 2.45) is 5.92 Å². The molecule has 0 N–H and O–H groups in total. The van der Waals surface area contributed by atoms with Gasteiger partial charge in [-0.15, -0.1) is 11.3 Å². The second kappa shape index (κ2) is 7.43. The number of halogens is 1. The average molecular weight is 441 g/mol. The van der Waals surface area contributed by atoms with Crippen molar-refractivity contribution in [3.8, 4) is 5.75 Å². The molecule has 3 aromatic rings. The van der Waals surface area contributed by atoms with Crippen LogP contribution in [0.1, 0.15) is 10.9 Å². The lowest BCUT2D eigenvalue weighted by atomic mass is 9.95. The summed E-state index contributed by atoms with van der Waals surface area (Å²) in [5.74, 6) is -0.744. The molecule has 1 aromatic heterocycles. The molecule has 0 bridgehead atoms. The molecule has 5 rings (SSSR count). The van der Waals surface area contributed by atoms with E-state index in [0.717, 1.165) is 10.6 Å². The van der Waals surface area contributed by atoms with E-state index in [1.165, 1.54) is 16.2 Å². The third-order valence-electron chi connectivity index (χ3n) is 5.34. The van der Waals surface area contributed by atoms with Gasteiger partial charge in [0.05, 0.1) is 18.5 Å². The normalized spacial score (nSPS) is 23.2. The molecule has 0 aliphatic carbocycles. The summed E-state index contributed by atoms with van der Waals surface area (Å²) < 4.78 is 5.25. The number of anilines is 2. The van der Waals surface area contributed by atoms with Crippen molar-refractivity contribution >= 4 is 46.1 Å². The molecule has 0 spiro atoms. The van der Waals surface area contributed by atoms with Gasteiger partial charge in [-0.1, -0.05) is 23.7 Å². The second-order valence-electron chi connectivity index (χ2n) is 7.03. The molecule has 152 valence electrons. The summed E-state index contributed by atoms with van der Waals surface area (Å²) in [4.78, 5) is 35.0. The molecule has 0 saturated carbocycles. The Balaban J connectivity index is 1.55. The number of rotatable bonds is 4. The van der Waals surface area contributed by atoms with Gasteiger partial charge in [-0.3, -0.25) is 14.4 Å². The summed E-state index contributed by atoms with van der Waals surface area (Å²) in [7, 11) is 1.54. The number of ether oxygens (including phenoxy) is 1. The van der Waals surface area contributed by atoms with Gasteiger partial charge in [-0.05, 0) is 47.8 Å². The molecule has 0 radical (unpaired) electrons. The van der Waals surface area contributed by atoms with Crippen LogP contribution in [0.2, 0.25) is 5.02 Å². The number of fused-ring (bicyclic) bond motifs is 1. The summed E-state index contributed by atoms with van der Waals surface area (Å²) in [6.45, 7) is 0. The quantitative estimate of drug-likeness (QED) is 0.560. The van der Waals surface area contributed by atoms with Crippen LogP contribution in [0, 0.1) is 5.92 Å². The topological polar surface area (TPSA) is 59.1 Å². The van der Waals surface area contributed by atoms with E-state index < -0.39 is 18.1 Å². The number of benzene rings is 2. The first-order valence-electron chi connectivity index (χ1n) is 9.35. The predicted octanol–water partition coefficient (Wildman–Crippen LogP) is 4.46. The maximum Gasteiger partial charge on any atom is 0.266 e. The van der Waals surface area contributed by atoms with Crippen molar-refractivity contribution in [2.45, 2.75) is 12.1 Å². The lowest BCUT2D eigenvalue weighted by molar-refractivity contribution is -0.126. The molecule has 3 atom stereocenters. The van der Waals surface area contributed by atoms with Crippen LogP contribution in [-0.2, 0) is 14.4 Å². The Morgan fingerprint density at radius 1 is 1.00 bits per heavy atom. The number of amides is 2. The van der Waals surface area contributed by atoms with Gasteiger partial charge in [0.2, 0.25) is 5.91 Å². The van der Waals surface area contributed by atoms with Crippen LogP contribution < -0.4 is 14.7 Å². The zero-order valence-electron chi connectivity index (χ0n) is 15.9. The fraction of sp³-hybridized carbons (Fsp3) is 0.182. The third kappa shape index (κ3) is 2.98. The van der Waals surface area contributed by atoms with Crippen LogP contribution in [0.15, 0.2) is 66.0 Å². The van der Waals surface area contributed by atoms with Gasteiger partial charge in [-0.2, -0.15) is 0 Å². The summed E-state index contributed by atoms with van der Waals surface area (Å²) in [5, 5.41) is 4.21. The molecular weight excluding hydrogens is 424 g/mol. The lowest BCUT2D eigenvalue weighted by Crippen LogP contribution is -2.37. The maximum absolute atomic E-state index is 13.5. The van der Waals surface area contributed by atoms with Gasteiger partial charge < -0.3 is 4.74 Å². The van der Waals surface area contributed by atoms with Crippen LogP contribution in [0.25, 0.3) is 0 Å². The third-order valence-corrected chi connectivity index (χ3v) is 6.54. The SMILES string of the molecule is COc1cccc(N2C(=O)[C@@H]3[C@@H](ON(c4ccc(Cl)cc4)[C@H]3c3cccs3)C2=O)c1. The summed E-state index contributed by atoms with van der Waals surface area (Å²) >= 11 is 7.55. The van der Waals surface area contributed by atoms with Crippen LogP contribution >= 0.6 is 22.9 Å². The lowest BCUT2D eigenvalue weighted by Gasteiger charge is -2.28. The van der Waals surface area contributed by atoms with Gasteiger partial charge in [0, 0.05) is 16.0 Å². The highest BCUT2D eigenvalue weighted by Gasteiger charge is 2.60. The molecule has 8 heteroatoms. The van der Waals surface area contributed by atoms with Gasteiger partial charge in [-0.25, -0.2) is 9.96 Å². The molecule has 2 aromatic carbocycles. The van der Waals surface area contributed by atoms with E-state index in [2.05, 4.69) is 0 Å². The number of carbonyl (C=O) groups is 2. The molecule has 2 saturated heterocycles. The number of methoxy groups -OCH3 is 1. The number of thiophene rings is 1. The van der Waals surface area contributed by atoms with Gasteiger partial charge in [0.15, 0.2) is 6.10 Å². The van der Waals surface area contributed by atoms with Crippen molar-refractivity contribution in [1.82, 2.24) is 0 Å². The highest BCUT2D eigenvalue weighted by molar-refractivity contribution is 7.10. The highest BCUT2D eigenvalue weighted by atomic mass is 35.5. The maximum atomic E-state index is 13.5. The molecular formula is C22H17ClN2O4S. The van der Waals surface area contributed by atoms with E-state index in [0.29, 0.717) is 16.5 Å². The highest BCUT2D eigenvalue weighted by Crippen LogP contribution is 2.48. The average Bonchev–Trinajstić information content (AvgIpc) is 3.46. The molecule has 3 heterocycles. The van der Waals surface area contributed by atoms with E-state index in [-0.39, 0.29) is 11.8 Å². The number of carbonyl (C=O) groups excluding carboxylic acids is 2. The minimum Gasteiger partial charge on any atom is -0.497 e. The molecule has 2 aliphatic heterocycles. The monoisotopic (exact) mass is 440 g/mol. The first kappa shape index (κ1) is 19.1. The van der Waals surface area contributed by atoms with Crippen molar-refractivity contribution < 1.29 is 19.2 Å². The van der Waals surface area contributed by atoms with Crippen molar-refractivity contribution in [3.05, 3.63) is 75.9 Å². The standard InChI is InChI=1S/C22H17ClN2O4S/c1-28-16-5-2-4-15(12-16)24-21(26)18-19(17-6-3-11-30-17)25(29-20(18)22(24)27)14-9-7-13(23)8-10-14/h2-12,18-20H,1H3/t18-,19-,20+/m0/s1. The Bertz CT molecular complexity index is 1100. The summed E-state index contributed by atoms with van der Waals surface area (Å²) in [6, 6.07) is 17.5. The second-order valence-corrected chi connectivity index (χ2v) is 8.44. The van der Waals surface area contributed by atoms with E-state index in [1.807, 2.05) is 29.6 Å². The Morgan fingerprint density at radius 3 is 2.50 bits per heavy atom. The molecule has 2 fully saturated rings. The Hall–Kier alpha value is -2.87. The van der Waals surface area contributed by atoms with E-state index in [1.54, 1.807) is 48.6 Å². The van der Waals surface area contributed by atoms with Crippen molar-refractivity contribution in [2.75, 3.05) is 17.1 Å². The van der Waals surface area contributed by atoms with E-state index in [9.17, 15) is 9.59 Å². The minimum absolute atomic E-state index is 0.284. The largest absolute Gasteiger partial charge is 0.497 e. The fourth-order valence-electron chi connectivity index (χ4n) is 3.98. The number of hydroxylamine groups is 1. The number of hydrogen-bond acceptors (Lipinski definition) is 6. The van der Waals surface area contributed by atoms with Crippen LogP contribution in [0.4, 0.5) is 11.4 Å². The Labute approximate surface area is 182 Å². The molecule has 0 unspecified atom stereocenters. The zero-order valence-corrected chi connectivity index (χ0v) is 17.5. The minimum atomic E-state index is -0.897. The number of hydrogen-bond donors (Lipinski definition) is 0. The van der Waals surface area contributed by atoms with E-state index >= 15 is 0 Å². The Morgan fingerprint density at radius 2 is 1.80 bits per heavy atom. The van der Waals surface area contributed by atoms with Crippen LogP contribution in [0.5, 0.6) is 5.75 Å².